The van der Waals surface area contributed by atoms with Gasteiger partial charge in [-0.05, 0) is 29.8 Å². The van der Waals surface area contributed by atoms with Crippen LogP contribution in [-0.4, -0.2) is 36.3 Å². The third-order valence-corrected chi connectivity index (χ3v) is 5.50. The number of hydrogen-bond acceptors (Lipinski definition) is 6. The summed E-state index contributed by atoms with van der Waals surface area (Å²) in [6.07, 6.45) is -2.79. The van der Waals surface area contributed by atoms with Gasteiger partial charge < -0.3 is 19.5 Å². The van der Waals surface area contributed by atoms with E-state index in [9.17, 15) is 22.8 Å². The van der Waals surface area contributed by atoms with E-state index in [1.807, 2.05) is 0 Å². The van der Waals surface area contributed by atoms with Crippen LogP contribution in [0.25, 0.3) is 0 Å². The van der Waals surface area contributed by atoms with Gasteiger partial charge in [0.1, 0.15) is 6.61 Å². The minimum absolute atomic E-state index is 0.154. The van der Waals surface area contributed by atoms with Crippen molar-refractivity contribution >= 4 is 17.7 Å². The van der Waals surface area contributed by atoms with Gasteiger partial charge >= 0.3 is 12.1 Å². The number of hydrogen-bond donors (Lipinski definition) is 2. The number of aromatic nitrogens is 2. The number of carbonyl (C=O) groups excluding carboxylic acids is 2. The lowest BCUT2D eigenvalue weighted by molar-refractivity contribution is -0.138. The Morgan fingerprint density at radius 1 is 1.15 bits per heavy atom. The Morgan fingerprint density at radius 2 is 1.94 bits per heavy atom. The number of fused-ring (bicyclic) bond motifs is 1. The van der Waals surface area contributed by atoms with Crippen LogP contribution in [0.4, 0.5) is 19.0 Å². The Bertz CT molecular complexity index is 1240. The maximum Gasteiger partial charge on any atom is 0.416 e. The molecule has 1 aliphatic rings. The molecule has 1 amide bonds. The summed E-state index contributed by atoms with van der Waals surface area (Å²) in [5, 5.41) is 9.44. The summed E-state index contributed by atoms with van der Waals surface area (Å²) in [5.74, 6) is -0.340. The van der Waals surface area contributed by atoms with Crippen molar-refractivity contribution in [3.8, 4) is 11.5 Å². The zero-order valence-electron chi connectivity index (χ0n) is 18.2. The second-order valence-corrected chi connectivity index (χ2v) is 7.55. The number of ether oxygens (including phenoxy) is 3. The van der Waals surface area contributed by atoms with Crippen LogP contribution in [-0.2, 0) is 22.3 Å². The summed E-state index contributed by atoms with van der Waals surface area (Å²) in [7, 11) is 2.50. The molecule has 0 aliphatic carbocycles. The lowest BCUT2D eigenvalue weighted by Crippen LogP contribution is -2.23. The summed E-state index contributed by atoms with van der Waals surface area (Å²) in [5.41, 5.74) is 0.219. The lowest BCUT2D eigenvalue weighted by Gasteiger charge is -2.23. The zero-order chi connectivity index (χ0) is 24.5. The number of carbonyl (C=O) groups is 2. The smallest absolute Gasteiger partial charge is 0.416 e. The van der Waals surface area contributed by atoms with Crippen molar-refractivity contribution in [3.05, 3.63) is 70.4 Å². The molecule has 0 saturated heterocycles. The molecule has 8 nitrogen and oxygen atoms in total. The third kappa shape index (κ3) is 4.54. The first-order chi connectivity index (χ1) is 16.2. The molecule has 2 heterocycles. The highest BCUT2D eigenvalue weighted by molar-refractivity contribution is 5.94. The molecular formula is C23H20F3N3O5. The number of esters is 1. The first-order valence-corrected chi connectivity index (χ1v) is 10.1. The summed E-state index contributed by atoms with van der Waals surface area (Å²) in [4.78, 5) is 23.7. The van der Waals surface area contributed by atoms with Gasteiger partial charge in [-0.1, -0.05) is 12.1 Å². The van der Waals surface area contributed by atoms with Gasteiger partial charge in [0.2, 0.25) is 5.91 Å². The summed E-state index contributed by atoms with van der Waals surface area (Å²) >= 11 is 0. The second kappa shape index (κ2) is 9.08. The Morgan fingerprint density at radius 3 is 2.65 bits per heavy atom. The molecular weight excluding hydrogens is 455 g/mol. The Kier molecular flexibility index (Phi) is 6.18. The molecule has 1 atom stereocenters. The van der Waals surface area contributed by atoms with Crippen LogP contribution in [0.15, 0.2) is 42.6 Å². The summed E-state index contributed by atoms with van der Waals surface area (Å²) in [6, 6.07) is 8.15. The number of anilines is 1. The van der Waals surface area contributed by atoms with Crippen molar-refractivity contribution in [3.63, 3.8) is 0 Å². The molecule has 2 N–H and O–H groups in total. The van der Waals surface area contributed by atoms with Crippen molar-refractivity contribution in [1.82, 2.24) is 10.2 Å². The Balaban J connectivity index is 1.59. The number of amides is 1. The molecule has 3 aromatic rings. The van der Waals surface area contributed by atoms with Crippen LogP contribution in [0.1, 0.15) is 45.0 Å². The van der Waals surface area contributed by atoms with Crippen LogP contribution in [0, 0.1) is 0 Å². The molecule has 1 aromatic heterocycles. The number of benzene rings is 2. The number of nitrogens with zero attached hydrogens (tertiary/aromatic N) is 1. The van der Waals surface area contributed by atoms with Crippen LogP contribution in [0.2, 0.25) is 0 Å². The predicted octanol–water partition coefficient (Wildman–Crippen LogP) is 4.28. The van der Waals surface area contributed by atoms with Gasteiger partial charge in [-0.3, -0.25) is 9.89 Å². The van der Waals surface area contributed by atoms with E-state index >= 15 is 0 Å². The van der Waals surface area contributed by atoms with Gasteiger partial charge in [0.15, 0.2) is 17.3 Å². The predicted molar refractivity (Wildman–Crippen MR) is 114 cm³/mol. The highest BCUT2D eigenvalue weighted by Crippen LogP contribution is 2.40. The lowest BCUT2D eigenvalue weighted by atomic mass is 9.87. The van der Waals surface area contributed by atoms with Gasteiger partial charge in [0.25, 0.3) is 0 Å². The molecule has 0 radical (unpaired) electrons. The molecule has 0 saturated carbocycles. The van der Waals surface area contributed by atoms with E-state index in [0.717, 1.165) is 24.3 Å². The van der Waals surface area contributed by atoms with Gasteiger partial charge in [0, 0.05) is 29.7 Å². The van der Waals surface area contributed by atoms with Gasteiger partial charge in [0.05, 0.1) is 25.3 Å². The van der Waals surface area contributed by atoms with E-state index in [4.69, 9.17) is 9.47 Å². The van der Waals surface area contributed by atoms with Crippen LogP contribution < -0.4 is 14.8 Å². The van der Waals surface area contributed by atoms with E-state index in [1.165, 1.54) is 19.2 Å². The number of H-pyrrole nitrogens is 1. The monoisotopic (exact) mass is 475 g/mol. The quantitative estimate of drug-likeness (QED) is 0.516. The van der Waals surface area contributed by atoms with Crippen LogP contribution in [0.5, 0.6) is 11.5 Å². The number of methoxy groups -OCH3 is 2. The average Bonchev–Trinajstić information content (AvgIpc) is 3.29. The van der Waals surface area contributed by atoms with E-state index in [-0.39, 0.29) is 35.1 Å². The molecule has 1 unspecified atom stereocenters. The van der Waals surface area contributed by atoms with Gasteiger partial charge in [-0.15, -0.1) is 0 Å². The molecule has 0 spiro atoms. The minimum atomic E-state index is -4.69. The van der Waals surface area contributed by atoms with Gasteiger partial charge in [-0.2, -0.15) is 18.3 Å². The fourth-order valence-electron chi connectivity index (χ4n) is 3.83. The molecule has 11 heteroatoms. The maximum absolute atomic E-state index is 13.6. The topological polar surface area (TPSA) is 103 Å². The largest absolute Gasteiger partial charge is 0.493 e. The van der Waals surface area contributed by atoms with Crippen molar-refractivity contribution < 1.29 is 37.0 Å². The second-order valence-electron chi connectivity index (χ2n) is 7.55. The fraction of sp³-hybridized carbons (Fsp3) is 0.261. The molecule has 34 heavy (non-hydrogen) atoms. The average molecular weight is 475 g/mol. The highest BCUT2D eigenvalue weighted by atomic mass is 19.4. The molecule has 178 valence electrons. The number of halogens is 3. The molecule has 4 rings (SSSR count). The Hall–Kier alpha value is -4.02. The first kappa shape index (κ1) is 23.1. The number of rotatable bonds is 6. The molecule has 0 fully saturated rings. The Labute approximate surface area is 192 Å². The van der Waals surface area contributed by atoms with Crippen molar-refractivity contribution in [2.45, 2.75) is 25.1 Å². The SMILES string of the molecule is COC(=O)c1ccc(COc2ccc(C3CC(=O)Nc4n[nH]cc43)cc2OC)c(C(F)(F)F)c1. The number of nitrogens with one attached hydrogen (secondary N) is 2. The zero-order valence-corrected chi connectivity index (χ0v) is 18.2. The third-order valence-electron chi connectivity index (χ3n) is 5.50. The fourth-order valence-corrected chi connectivity index (χ4v) is 3.83. The summed E-state index contributed by atoms with van der Waals surface area (Å²) in [6.45, 7) is -0.413. The van der Waals surface area contributed by atoms with E-state index in [1.54, 1.807) is 24.4 Å². The standard InChI is InChI=1S/C23H20F3N3O5/c1-32-19-8-12(15-9-20(30)28-21-16(15)10-27-29-21)5-6-18(19)34-11-14-4-3-13(22(31)33-2)7-17(14)23(24,25)26/h3-8,10,15H,9,11H2,1-2H3,(H2,27,28,29,30). The van der Waals surface area contributed by atoms with Crippen molar-refractivity contribution in [1.29, 1.82) is 0 Å². The van der Waals surface area contributed by atoms with E-state index < -0.39 is 24.3 Å². The summed E-state index contributed by atoms with van der Waals surface area (Å²) < 4.78 is 56.3. The van der Waals surface area contributed by atoms with Crippen molar-refractivity contribution in [2.75, 3.05) is 19.5 Å². The van der Waals surface area contributed by atoms with Gasteiger partial charge in [-0.25, -0.2) is 4.79 Å². The number of alkyl halides is 3. The highest BCUT2D eigenvalue weighted by Gasteiger charge is 2.34. The number of aromatic amines is 1. The minimum Gasteiger partial charge on any atom is -0.493 e. The van der Waals surface area contributed by atoms with Crippen molar-refractivity contribution in [2.24, 2.45) is 0 Å². The van der Waals surface area contributed by atoms with E-state index in [0.29, 0.717) is 11.6 Å². The normalized spacial score (nSPS) is 15.3. The first-order valence-electron chi connectivity index (χ1n) is 10.1. The molecule has 1 aliphatic heterocycles. The van der Waals surface area contributed by atoms with E-state index in [2.05, 4.69) is 20.3 Å². The molecule has 2 aromatic carbocycles. The molecule has 0 bridgehead atoms. The maximum atomic E-state index is 13.6. The van der Waals surface area contributed by atoms with Crippen LogP contribution in [0.3, 0.4) is 0 Å². The van der Waals surface area contributed by atoms with Crippen LogP contribution >= 0.6 is 0 Å².